The lowest BCUT2D eigenvalue weighted by Crippen LogP contribution is -2.41. The number of carbonyl (C=O) groups excluding carboxylic acids is 2. The summed E-state index contributed by atoms with van der Waals surface area (Å²) in [6, 6.07) is 8.61. The van der Waals surface area contributed by atoms with E-state index in [0.29, 0.717) is 39.3 Å². The number of carbonyl (C=O) groups is 2. The normalized spacial score (nSPS) is 16.4. The monoisotopic (exact) mass is 463 g/mol. The number of ether oxygens (including phenoxy) is 1. The van der Waals surface area contributed by atoms with E-state index >= 15 is 0 Å². The highest BCUT2D eigenvalue weighted by Gasteiger charge is 2.27. The maximum Gasteiger partial charge on any atom is 0.240 e. The molecule has 0 aliphatic carbocycles. The molecular weight excluding hydrogens is 438 g/mol. The molecule has 2 aliphatic rings. The van der Waals surface area contributed by atoms with E-state index in [1.165, 1.54) is 17.4 Å². The summed E-state index contributed by atoms with van der Waals surface area (Å²) in [4.78, 5) is 29.5. The number of nitrogens with zero attached hydrogens (tertiary/aromatic N) is 2. The Hall–Kier alpha value is -2.27. The zero-order valence-corrected chi connectivity index (χ0v) is 18.7. The summed E-state index contributed by atoms with van der Waals surface area (Å²) in [5.74, 6) is -0.152. The van der Waals surface area contributed by atoms with Gasteiger partial charge in [-0.05, 0) is 41.6 Å². The Morgan fingerprint density at radius 2 is 1.84 bits per heavy atom. The standard InChI is InChI=1S/C21H25N3O5S2/c25-20(23-9-11-29-12-10-23)5-6-21(26)24-8-7-16-14-18(3-4-19(16)24)31(27,28)22-15-17-2-1-13-30-17/h1-4,13-14,22H,5-12,15H2. The molecule has 0 atom stereocenters. The van der Waals surface area contributed by atoms with Crippen molar-refractivity contribution >= 4 is 38.9 Å². The quantitative estimate of drug-likeness (QED) is 0.675. The van der Waals surface area contributed by atoms with Gasteiger partial charge in [0.2, 0.25) is 21.8 Å². The topological polar surface area (TPSA) is 96.0 Å². The van der Waals surface area contributed by atoms with Crippen molar-refractivity contribution in [2.24, 2.45) is 0 Å². The maximum absolute atomic E-state index is 12.7. The number of anilines is 1. The summed E-state index contributed by atoms with van der Waals surface area (Å²) in [6.07, 6.45) is 0.897. The van der Waals surface area contributed by atoms with E-state index in [0.717, 1.165) is 16.1 Å². The van der Waals surface area contributed by atoms with Gasteiger partial charge in [0.15, 0.2) is 0 Å². The lowest BCUT2D eigenvalue weighted by molar-refractivity contribution is -0.136. The lowest BCUT2D eigenvalue weighted by atomic mass is 10.2. The van der Waals surface area contributed by atoms with Crippen LogP contribution in [0.1, 0.15) is 23.3 Å². The molecule has 1 saturated heterocycles. The Labute approximate surface area is 185 Å². The molecule has 3 heterocycles. The minimum atomic E-state index is -3.64. The number of hydrogen-bond donors (Lipinski definition) is 1. The molecule has 0 saturated carbocycles. The highest BCUT2D eigenvalue weighted by atomic mass is 32.2. The molecule has 1 aromatic heterocycles. The minimum Gasteiger partial charge on any atom is -0.378 e. The first-order valence-electron chi connectivity index (χ1n) is 10.2. The Morgan fingerprint density at radius 3 is 2.58 bits per heavy atom. The fourth-order valence-electron chi connectivity index (χ4n) is 3.79. The van der Waals surface area contributed by atoms with E-state index in [-0.39, 0.29) is 36.1 Å². The molecule has 1 aromatic carbocycles. The molecule has 0 spiro atoms. The molecule has 0 radical (unpaired) electrons. The summed E-state index contributed by atoms with van der Waals surface area (Å²) in [5.41, 5.74) is 1.55. The van der Waals surface area contributed by atoms with Gasteiger partial charge in [-0.15, -0.1) is 11.3 Å². The Balaban J connectivity index is 1.37. The Kier molecular flexibility index (Phi) is 6.71. The number of thiophene rings is 1. The van der Waals surface area contributed by atoms with Gasteiger partial charge in [-0.25, -0.2) is 13.1 Å². The van der Waals surface area contributed by atoms with Crippen molar-refractivity contribution in [1.29, 1.82) is 0 Å². The molecule has 1 N–H and O–H groups in total. The molecule has 1 fully saturated rings. The number of morpholine rings is 1. The molecule has 0 bridgehead atoms. The van der Waals surface area contributed by atoms with E-state index in [1.807, 2.05) is 17.5 Å². The van der Waals surface area contributed by atoms with E-state index in [4.69, 9.17) is 4.74 Å². The van der Waals surface area contributed by atoms with E-state index in [2.05, 4.69) is 4.72 Å². The second-order valence-electron chi connectivity index (χ2n) is 7.48. The van der Waals surface area contributed by atoms with Crippen molar-refractivity contribution in [1.82, 2.24) is 9.62 Å². The zero-order valence-electron chi connectivity index (χ0n) is 17.1. The van der Waals surface area contributed by atoms with Gasteiger partial charge in [-0.3, -0.25) is 9.59 Å². The SMILES string of the molecule is O=C(CCC(=O)N1CCc2cc(S(=O)(=O)NCc3cccs3)ccc21)N1CCOCC1. The van der Waals surface area contributed by atoms with Crippen molar-refractivity contribution in [3.8, 4) is 0 Å². The fourth-order valence-corrected chi connectivity index (χ4v) is 5.58. The van der Waals surface area contributed by atoms with Crippen LogP contribution in [0.15, 0.2) is 40.6 Å². The molecule has 4 rings (SSSR count). The van der Waals surface area contributed by atoms with Gasteiger partial charge in [-0.2, -0.15) is 0 Å². The predicted octanol–water partition coefficient (Wildman–Crippen LogP) is 1.75. The van der Waals surface area contributed by atoms with Crippen LogP contribution in [0.3, 0.4) is 0 Å². The van der Waals surface area contributed by atoms with Crippen LogP contribution in [0.5, 0.6) is 0 Å². The number of fused-ring (bicyclic) bond motifs is 1. The Bertz CT molecular complexity index is 1050. The van der Waals surface area contributed by atoms with Crippen LogP contribution in [0.2, 0.25) is 0 Å². The van der Waals surface area contributed by atoms with Crippen LogP contribution < -0.4 is 9.62 Å². The Morgan fingerprint density at radius 1 is 1.06 bits per heavy atom. The number of rotatable bonds is 7. The van der Waals surface area contributed by atoms with E-state index < -0.39 is 10.0 Å². The minimum absolute atomic E-state index is 0.0330. The number of amides is 2. The highest BCUT2D eigenvalue weighted by Crippen LogP contribution is 2.31. The third-order valence-electron chi connectivity index (χ3n) is 5.49. The molecule has 2 amide bonds. The molecule has 166 valence electrons. The third kappa shape index (κ3) is 5.15. The molecule has 8 nitrogen and oxygen atoms in total. The van der Waals surface area contributed by atoms with Crippen LogP contribution in [0.25, 0.3) is 0 Å². The molecule has 2 aromatic rings. The van der Waals surface area contributed by atoms with Gasteiger partial charge >= 0.3 is 0 Å². The zero-order chi connectivity index (χ0) is 21.8. The molecular formula is C21H25N3O5S2. The van der Waals surface area contributed by atoms with Crippen LogP contribution in [0.4, 0.5) is 5.69 Å². The van der Waals surface area contributed by atoms with Crippen molar-refractivity contribution < 1.29 is 22.7 Å². The van der Waals surface area contributed by atoms with Crippen LogP contribution in [-0.4, -0.2) is 58.0 Å². The molecule has 2 aliphatic heterocycles. The van der Waals surface area contributed by atoms with Crippen LogP contribution >= 0.6 is 11.3 Å². The summed E-state index contributed by atoms with van der Waals surface area (Å²) >= 11 is 1.49. The maximum atomic E-state index is 12.7. The van der Waals surface area contributed by atoms with Gasteiger partial charge < -0.3 is 14.5 Å². The number of hydrogen-bond acceptors (Lipinski definition) is 6. The van der Waals surface area contributed by atoms with Crippen molar-refractivity contribution in [3.63, 3.8) is 0 Å². The lowest BCUT2D eigenvalue weighted by Gasteiger charge is -2.27. The van der Waals surface area contributed by atoms with Gasteiger partial charge in [0, 0.05) is 49.6 Å². The van der Waals surface area contributed by atoms with Crippen molar-refractivity contribution in [2.45, 2.75) is 30.7 Å². The molecule has 0 unspecified atom stereocenters. The predicted molar refractivity (Wildman–Crippen MR) is 117 cm³/mol. The second-order valence-corrected chi connectivity index (χ2v) is 10.3. The van der Waals surface area contributed by atoms with Gasteiger partial charge in [0.1, 0.15) is 0 Å². The summed E-state index contributed by atoms with van der Waals surface area (Å²) in [6.45, 7) is 2.94. The first kappa shape index (κ1) is 21.9. The number of sulfonamides is 1. The van der Waals surface area contributed by atoms with Gasteiger partial charge in [0.25, 0.3) is 0 Å². The number of nitrogens with one attached hydrogen (secondary N) is 1. The van der Waals surface area contributed by atoms with Gasteiger partial charge in [-0.1, -0.05) is 6.07 Å². The van der Waals surface area contributed by atoms with Crippen molar-refractivity contribution in [2.75, 3.05) is 37.7 Å². The average molecular weight is 464 g/mol. The fraction of sp³-hybridized carbons (Fsp3) is 0.429. The van der Waals surface area contributed by atoms with E-state index in [9.17, 15) is 18.0 Å². The van der Waals surface area contributed by atoms with Crippen LogP contribution in [-0.2, 0) is 37.3 Å². The summed E-state index contributed by atoms with van der Waals surface area (Å²) < 4.78 is 33.1. The number of benzene rings is 1. The highest BCUT2D eigenvalue weighted by molar-refractivity contribution is 7.89. The van der Waals surface area contributed by atoms with Crippen molar-refractivity contribution in [3.05, 3.63) is 46.2 Å². The average Bonchev–Trinajstić information content (AvgIpc) is 3.46. The second kappa shape index (κ2) is 9.47. The van der Waals surface area contributed by atoms with E-state index in [1.54, 1.807) is 21.9 Å². The van der Waals surface area contributed by atoms with Gasteiger partial charge in [0.05, 0.1) is 18.1 Å². The summed E-state index contributed by atoms with van der Waals surface area (Å²) in [7, 11) is -3.64. The first-order chi connectivity index (χ1) is 14.9. The first-order valence-corrected chi connectivity index (χ1v) is 12.6. The van der Waals surface area contributed by atoms with Crippen LogP contribution in [0, 0.1) is 0 Å². The molecule has 31 heavy (non-hydrogen) atoms. The molecule has 10 heteroatoms. The summed E-state index contributed by atoms with van der Waals surface area (Å²) in [5, 5.41) is 1.90. The smallest absolute Gasteiger partial charge is 0.240 e. The third-order valence-corrected chi connectivity index (χ3v) is 7.77. The largest absolute Gasteiger partial charge is 0.378 e.